The maximum absolute atomic E-state index is 12.5. The van der Waals surface area contributed by atoms with Gasteiger partial charge in [0.05, 0.1) is 18.8 Å². The molecular formula is C22H35N3O2. The molecule has 0 bridgehead atoms. The van der Waals surface area contributed by atoms with Gasteiger partial charge >= 0.3 is 0 Å². The number of carbonyl (C=O) groups is 1. The average molecular weight is 374 g/mol. The standard InChI is InChI=1S/C22H35N3O2/c1-2-20(24-22(26)9-8-18-10-12-23-13-11-18)21-17-25(14-15-27-21)16-19-6-4-3-5-7-19/h3-7,18,20-21,23H,2,8-17H2,1H3,(H,24,26). The summed E-state index contributed by atoms with van der Waals surface area (Å²) in [4.78, 5) is 14.9. The highest BCUT2D eigenvalue weighted by Crippen LogP contribution is 2.18. The maximum atomic E-state index is 12.5. The van der Waals surface area contributed by atoms with Gasteiger partial charge in [0.25, 0.3) is 0 Å². The molecule has 0 aliphatic carbocycles. The molecular weight excluding hydrogens is 338 g/mol. The second-order valence-electron chi connectivity index (χ2n) is 7.94. The number of morpholine rings is 1. The Bertz CT molecular complexity index is 560. The summed E-state index contributed by atoms with van der Waals surface area (Å²) < 4.78 is 6.03. The fourth-order valence-corrected chi connectivity index (χ4v) is 4.20. The molecule has 0 saturated carbocycles. The molecule has 2 fully saturated rings. The summed E-state index contributed by atoms with van der Waals surface area (Å²) in [6.45, 7) is 7.83. The van der Waals surface area contributed by atoms with Gasteiger partial charge in [-0.25, -0.2) is 0 Å². The molecule has 2 heterocycles. The normalized spacial score (nSPS) is 23.1. The highest BCUT2D eigenvalue weighted by atomic mass is 16.5. The van der Waals surface area contributed by atoms with E-state index in [1.807, 2.05) is 0 Å². The first-order valence-corrected chi connectivity index (χ1v) is 10.6. The van der Waals surface area contributed by atoms with Crippen LogP contribution >= 0.6 is 0 Å². The number of nitrogens with one attached hydrogen (secondary N) is 2. The van der Waals surface area contributed by atoms with Crippen LogP contribution in [0.2, 0.25) is 0 Å². The van der Waals surface area contributed by atoms with Crippen LogP contribution in [0.4, 0.5) is 0 Å². The number of hydrogen-bond acceptors (Lipinski definition) is 4. The zero-order chi connectivity index (χ0) is 18.9. The first-order valence-electron chi connectivity index (χ1n) is 10.6. The molecule has 1 aromatic carbocycles. The molecule has 3 rings (SSSR count). The summed E-state index contributed by atoms with van der Waals surface area (Å²) in [6.07, 6.45) is 5.03. The van der Waals surface area contributed by atoms with Crippen LogP contribution in [0, 0.1) is 5.92 Å². The van der Waals surface area contributed by atoms with Crippen molar-refractivity contribution in [3.63, 3.8) is 0 Å². The summed E-state index contributed by atoms with van der Waals surface area (Å²) in [5.74, 6) is 0.883. The third-order valence-electron chi connectivity index (χ3n) is 5.90. The number of rotatable bonds is 8. The fraction of sp³-hybridized carbons (Fsp3) is 0.682. The highest BCUT2D eigenvalue weighted by molar-refractivity contribution is 5.76. The monoisotopic (exact) mass is 373 g/mol. The Morgan fingerprint density at radius 1 is 1.30 bits per heavy atom. The van der Waals surface area contributed by atoms with Crippen LogP contribution in [-0.2, 0) is 16.1 Å². The van der Waals surface area contributed by atoms with Crippen molar-refractivity contribution < 1.29 is 9.53 Å². The highest BCUT2D eigenvalue weighted by Gasteiger charge is 2.28. The van der Waals surface area contributed by atoms with E-state index in [1.165, 1.54) is 18.4 Å². The van der Waals surface area contributed by atoms with E-state index in [-0.39, 0.29) is 18.1 Å². The Morgan fingerprint density at radius 3 is 2.81 bits per heavy atom. The quantitative estimate of drug-likeness (QED) is 0.735. The van der Waals surface area contributed by atoms with E-state index in [9.17, 15) is 4.79 Å². The molecule has 2 aliphatic rings. The van der Waals surface area contributed by atoms with Crippen LogP contribution in [0.25, 0.3) is 0 Å². The molecule has 2 unspecified atom stereocenters. The molecule has 0 spiro atoms. The lowest BCUT2D eigenvalue weighted by molar-refractivity contribution is -0.124. The van der Waals surface area contributed by atoms with Crippen molar-refractivity contribution in [2.24, 2.45) is 5.92 Å². The summed E-state index contributed by atoms with van der Waals surface area (Å²) >= 11 is 0. The fourth-order valence-electron chi connectivity index (χ4n) is 4.20. The number of amides is 1. The molecule has 2 aliphatic heterocycles. The van der Waals surface area contributed by atoms with Gasteiger partial charge < -0.3 is 15.4 Å². The van der Waals surface area contributed by atoms with Crippen molar-refractivity contribution in [1.29, 1.82) is 0 Å². The second-order valence-corrected chi connectivity index (χ2v) is 7.94. The molecule has 2 atom stereocenters. The Kier molecular flexibility index (Phi) is 8.11. The first-order chi connectivity index (χ1) is 13.2. The van der Waals surface area contributed by atoms with E-state index in [0.29, 0.717) is 12.3 Å². The van der Waals surface area contributed by atoms with Crippen molar-refractivity contribution in [2.45, 2.75) is 57.7 Å². The first kappa shape index (κ1) is 20.3. The van der Waals surface area contributed by atoms with Crippen LogP contribution in [0.15, 0.2) is 30.3 Å². The topological polar surface area (TPSA) is 53.6 Å². The van der Waals surface area contributed by atoms with Crippen LogP contribution < -0.4 is 10.6 Å². The molecule has 5 heteroatoms. The zero-order valence-corrected chi connectivity index (χ0v) is 16.7. The predicted octanol–water partition coefficient (Wildman–Crippen LogP) is 2.56. The van der Waals surface area contributed by atoms with Crippen molar-refractivity contribution in [1.82, 2.24) is 15.5 Å². The van der Waals surface area contributed by atoms with Crippen LogP contribution in [0.5, 0.6) is 0 Å². The van der Waals surface area contributed by atoms with Crippen molar-refractivity contribution in [3.8, 4) is 0 Å². The second kappa shape index (κ2) is 10.8. The van der Waals surface area contributed by atoms with E-state index in [1.54, 1.807) is 0 Å². The van der Waals surface area contributed by atoms with Gasteiger partial charge in [-0.15, -0.1) is 0 Å². The van der Waals surface area contributed by atoms with Gasteiger partial charge in [0.2, 0.25) is 5.91 Å². The number of hydrogen-bond donors (Lipinski definition) is 2. The van der Waals surface area contributed by atoms with Gasteiger partial charge in [0.1, 0.15) is 0 Å². The molecule has 27 heavy (non-hydrogen) atoms. The van der Waals surface area contributed by atoms with Gasteiger partial charge in [-0.05, 0) is 50.3 Å². The van der Waals surface area contributed by atoms with E-state index in [4.69, 9.17) is 4.74 Å². The Labute approximate surface area is 163 Å². The van der Waals surface area contributed by atoms with Crippen LogP contribution in [-0.4, -0.2) is 55.7 Å². The lowest BCUT2D eigenvalue weighted by Crippen LogP contribution is -2.53. The Hall–Kier alpha value is -1.43. The van der Waals surface area contributed by atoms with E-state index in [0.717, 1.165) is 52.2 Å². The molecule has 5 nitrogen and oxygen atoms in total. The number of benzene rings is 1. The van der Waals surface area contributed by atoms with E-state index in [2.05, 4.69) is 52.8 Å². The smallest absolute Gasteiger partial charge is 0.220 e. The SMILES string of the molecule is CCC(NC(=O)CCC1CCNCC1)C1CN(Cc2ccccc2)CCO1. The van der Waals surface area contributed by atoms with E-state index >= 15 is 0 Å². The molecule has 1 aromatic rings. The average Bonchev–Trinajstić information content (AvgIpc) is 2.72. The molecule has 150 valence electrons. The van der Waals surface area contributed by atoms with Gasteiger partial charge in [-0.3, -0.25) is 9.69 Å². The lowest BCUT2D eigenvalue weighted by atomic mass is 9.93. The minimum atomic E-state index is 0.0790. The largest absolute Gasteiger partial charge is 0.373 e. The maximum Gasteiger partial charge on any atom is 0.220 e. The number of nitrogens with zero attached hydrogens (tertiary/aromatic N) is 1. The molecule has 2 N–H and O–H groups in total. The lowest BCUT2D eigenvalue weighted by Gasteiger charge is -2.37. The molecule has 0 aromatic heterocycles. The molecule has 2 saturated heterocycles. The van der Waals surface area contributed by atoms with Gasteiger partial charge in [0, 0.05) is 26.1 Å². The number of piperidine rings is 1. The minimum Gasteiger partial charge on any atom is -0.373 e. The van der Waals surface area contributed by atoms with Gasteiger partial charge in [-0.1, -0.05) is 37.3 Å². The summed E-state index contributed by atoms with van der Waals surface area (Å²) in [5, 5.41) is 6.64. The summed E-state index contributed by atoms with van der Waals surface area (Å²) in [5.41, 5.74) is 1.33. The van der Waals surface area contributed by atoms with Gasteiger partial charge in [-0.2, -0.15) is 0 Å². The van der Waals surface area contributed by atoms with Crippen LogP contribution in [0.1, 0.15) is 44.6 Å². The zero-order valence-electron chi connectivity index (χ0n) is 16.7. The summed E-state index contributed by atoms with van der Waals surface area (Å²) in [6, 6.07) is 10.7. The van der Waals surface area contributed by atoms with Gasteiger partial charge in [0.15, 0.2) is 0 Å². The number of carbonyl (C=O) groups excluding carboxylic acids is 1. The molecule has 1 amide bonds. The van der Waals surface area contributed by atoms with Crippen LogP contribution in [0.3, 0.4) is 0 Å². The van der Waals surface area contributed by atoms with Crippen molar-refractivity contribution >= 4 is 5.91 Å². The number of ether oxygens (including phenoxy) is 1. The third-order valence-corrected chi connectivity index (χ3v) is 5.90. The third kappa shape index (κ3) is 6.59. The minimum absolute atomic E-state index is 0.0790. The Balaban J connectivity index is 1.44. The predicted molar refractivity (Wildman–Crippen MR) is 109 cm³/mol. The van der Waals surface area contributed by atoms with Crippen molar-refractivity contribution in [2.75, 3.05) is 32.8 Å². The summed E-state index contributed by atoms with van der Waals surface area (Å²) in [7, 11) is 0. The Morgan fingerprint density at radius 2 is 2.07 bits per heavy atom. The molecule has 0 radical (unpaired) electrons. The van der Waals surface area contributed by atoms with Crippen molar-refractivity contribution in [3.05, 3.63) is 35.9 Å². The van der Waals surface area contributed by atoms with E-state index < -0.39 is 0 Å².